The summed E-state index contributed by atoms with van der Waals surface area (Å²) in [6, 6.07) is 6.91. The van der Waals surface area contributed by atoms with Gasteiger partial charge in [-0.25, -0.2) is 13.0 Å². The molecule has 0 aliphatic carbocycles. The monoisotopic (exact) mass is 340 g/mol. The van der Waals surface area contributed by atoms with E-state index in [1.165, 1.54) is 24.3 Å². The van der Waals surface area contributed by atoms with Crippen LogP contribution in [0.3, 0.4) is 0 Å². The second-order valence-corrected chi connectivity index (χ2v) is 5.25. The van der Waals surface area contributed by atoms with Crippen LogP contribution in [0, 0.1) is 23.3 Å². The van der Waals surface area contributed by atoms with E-state index in [2.05, 4.69) is 4.74 Å². The Bertz CT molecular complexity index is 691. The zero-order valence-corrected chi connectivity index (χ0v) is 11.3. The maximum Gasteiger partial charge on any atom is 0.316 e. The van der Waals surface area contributed by atoms with E-state index in [-0.39, 0.29) is 5.75 Å². The fourth-order valence-corrected chi connectivity index (χ4v) is 2.26. The molecule has 0 aromatic heterocycles. The number of para-hydroxylation sites is 1. The molecule has 0 heterocycles. The molecular formula is C13H6F6O2S. The highest BCUT2D eigenvalue weighted by Gasteiger charge is 2.33. The average Bonchev–Trinajstić information content (AvgIpc) is 2.50. The SMILES string of the molecule is O=S(c1c(F)c(F)c(Oc2ccccc2)c(F)c1F)C(F)F. The third-order valence-corrected chi connectivity index (χ3v) is 3.59. The number of ether oxygens (including phenoxy) is 1. The molecule has 1 unspecified atom stereocenters. The Morgan fingerprint density at radius 2 is 1.36 bits per heavy atom. The number of hydrogen-bond donors (Lipinski definition) is 0. The smallest absolute Gasteiger partial charge is 0.316 e. The summed E-state index contributed by atoms with van der Waals surface area (Å²) < 4.78 is 95.0. The van der Waals surface area contributed by atoms with Gasteiger partial charge in [-0.05, 0) is 12.1 Å². The minimum atomic E-state index is -3.70. The van der Waals surface area contributed by atoms with Gasteiger partial charge in [0.25, 0.3) is 0 Å². The first-order valence-corrected chi connectivity index (χ1v) is 6.83. The van der Waals surface area contributed by atoms with E-state index in [0.717, 1.165) is 0 Å². The van der Waals surface area contributed by atoms with Crippen LogP contribution >= 0.6 is 0 Å². The molecule has 0 saturated carbocycles. The van der Waals surface area contributed by atoms with Crippen molar-refractivity contribution in [2.75, 3.05) is 0 Å². The summed E-state index contributed by atoms with van der Waals surface area (Å²) in [6.45, 7) is 0. The summed E-state index contributed by atoms with van der Waals surface area (Å²) >= 11 is 0. The molecule has 1 atom stereocenters. The number of benzene rings is 2. The molecule has 9 heteroatoms. The van der Waals surface area contributed by atoms with Crippen LogP contribution in [0.1, 0.15) is 0 Å². The van der Waals surface area contributed by atoms with Gasteiger partial charge in [-0.2, -0.15) is 17.6 Å². The molecule has 0 amide bonds. The van der Waals surface area contributed by atoms with E-state index in [0.29, 0.717) is 0 Å². The standard InChI is InChI=1S/C13H6F6O2S/c14-7-9(16)12(22(20)13(18)19)10(17)8(15)11(7)21-6-4-2-1-3-5-6/h1-5,13H. The molecule has 118 valence electrons. The van der Waals surface area contributed by atoms with Gasteiger partial charge in [0.2, 0.25) is 17.4 Å². The fourth-order valence-electron chi connectivity index (χ4n) is 1.55. The summed E-state index contributed by atoms with van der Waals surface area (Å²) in [7, 11) is -3.55. The van der Waals surface area contributed by atoms with Crippen LogP contribution in [0.2, 0.25) is 0 Å². The van der Waals surface area contributed by atoms with Gasteiger partial charge in [0.05, 0.1) is 0 Å². The molecule has 0 fully saturated rings. The largest absolute Gasteiger partial charge is 0.451 e. The molecule has 2 aromatic rings. The first kappa shape index (κ1) is 16.3. The number of halogens is 6. The summed E-state index contributed by atoms with van der Waals surface area (Å²) in [4.78, 5) is -1.87. The lowest BCUT2D eigenvalue weighted by molar-refractivity contribution is 0.242. The quantitative estimate of drug-likeness (QED) is 0.610. The zero-order chi connectivity index (χ0) is 16.4. The highest BCUT2D eigenvalue weighted by molar-refractivity contribution is 7.85. The van der Waals surface area contributed by atoms with Crippen LogP contribution in [0.15, 0.2) is 35.2 Å². The van der Waals surface area contributed by atoms with Gasteiger partial charge in [0.15, 0.2) is 11.6 Å². The molecule has 0 radical (unpaired) electrons. The van der Waals surface area contributed by atoms with E-state index in [9.17, 15) is 30.6 Å². The van der Waals surface area contributed by atoms with Crippen LogP contribution in [0.4, 0.5) is 26.3 Å². The molecule has 0 spiro atoms. The van der Waals surface area contributed by atoms with Crippen molar-refractivity contribution in [1.29, 1.82) is 0 Å². The van der Waals surface area contributed by atoms with Crippen LogP contribution < -0.4 is 4.74 Å². The van der Waals surface area contributed by atoms with E-state index < -0.39 is 50.5 Å². The lowest BCUT2D eigenvalue weighted by Crippen LogP contribution is -2.12. The number of alkyl halides is 2. The van der Waals surface area contributed by atoms with Gasteiger partial charge < -0.3 is 4.74 Å². The third kappa shape index (κ3) is 2.94. The normalized spacial score (nSPS) is 12.5. The Balaban J connectivity index is 2.57. The zero-order valence-electron chi connectivity index (χ0n) is 10.5. The van der Waals surface area contributed by atoms with Crippen molar-refractivity contribution in [2.45, 2.75) is 10.7 Å². The maximum atomic E-state index is 13.7. The Morgan fingerprint density at radius 3 is 1.82 bits per heavy atom. The predicted molar refractivity (Wildman–Crippen MR) is 65.2 cm³/mol. The van der Waals surface area contributed by atoms with Gasteiger partial charge in [-0.3, -0.25) is 0 Å². The van der Waals surface area contributed by atoms with E-state index in [1.54, 1.807) is 6.07 Å². The Hall–Kier alpha value is -2.03. The van der Waals surface area contributed by atoms with Crippen molar-refractivity contribution >= 4 is 10.8 Å². The van der Waals surface area contributed by atoms with Gasteiger partial charge in [-0.1, -0.05) is 18.2 Å². The first-order valence-electron chi connectivity index (χ1n) is 5.62. The predicted octanol–water partition coefficient (Wildman–Crippen LogP) is 4.37. The summed E-state index contributed by atoms with van der Waals surface area (Å²) in [6.07, 6.45) is 0. The van der Waals surface area contributed by atoms with E-state index >= 15 is 0 Å². The second-order valence-electron chi connectivity index (χ2n) is 3.89. The van der Waals surface area contributed by atoms with Crippen LogP contribution in [-0.4, -0.2) is 9.97 Å². The fraction of sp³-hybridized carbons (Fsp3) is 0.0769. The minimum absolute atomic E-state index is 0.137. The average molecular weight is 340 g/mol. The molecule has 2 rings (SSSR count). The molecule has 0 saturated heterocycles. The van der Waals surface area contributed by atoms with Crippen LogP contribution in [0.25, 0.3) is 0 Å². The van der Waals surface area contributed by atoms with Crippen molar-refractivity contribution in [3.63, 3.8) is 0 Å². The van der Waals surface area contributed by atoms with E-state index in [1.807, 2.05) is 0 Å². The second kappa shape index (κ2) is 6.39. The Labute approximate surface area is 122 Å². The Kier molecular flexibility index (Phi) is 4.74. The van der Waals surface area contributed by atoms with Crippen molar-refractivity contribution in [3.05, 3.63) is 53.6 Å². The molecule has 2 nitrogen and oxygen atoms in total. The highest BCUT2D eigenvalue weighted by Crippen LogP contribution is 2.35. The summed E-state index contributed by atoms with van der Waals surface area (Å²) in [5, 5.41) is 0. The van der Waals surface area contributed by atoms with Crippen molar-refractivity contribution in [2.24, 2.45) is 0 Å². The highest BCUT2D eigenvalue weighted by atomic mass is 32.2. The Morgan fingerprint density at radius 1 is 0.864 bits per heavy atom. The summed E-state index contributed by atoms with van der Waals surface area (Å²) in [5.74, 6) is -13.8. The minimum Gasteiger partial charge on any atom is -0.451 e. The molecule has 0 aliphatic rings. The van der Waals surface area contributed by atoms with Crippen molar-refractivity contribution in [1.82, 2.24) is 0 Å². The van der Waals surface area contributed by atoms with Gasteiger partial charge in [0.1, 0.15) is 21.4 Å². The number of rotatable bonds is 4. The molecular weight excluding hydrogens is 334 g/mol. The maximum absolute atomic E-state index is 13.7. The van der Waals surface area contributed by atoms with Crippen molar-refractivity contribution < 1.29 is 35.3 Å². The summed E-state index contributed by atoms with van der Waals surface area (Å²) in [5.41, 5.74) is 0. The lowest BCUT2D eigenvalue weighted by atomic mass is 10.2. The molecule has 0 N–H and O–H groups in total. The van der Waals surface area contributed by atoms with E-state index in [4.69, 9.17) is 0 Å². The van der Waals surface area contributed by atoms with Gasteiger partial charge in [0, 0.05) is 0 Å². The van der Waals surface area contributed by atoms with Gasteiger partial charge in [-0.15, -0.1) is 0 Å². The topological polar surface area (TPSA) is 26.3 Å². The van der Waals surface area contributed by atoms with Crippen LogP contribution in [-0.2, 0) is 10.8 Å². The molecule has 22 heavy (non-hydrogen) atoms. The number of hydrogen-bond acceptors (Lipinski definition) is 2. The molecule has 0 aliphatic heterocycles. The molecule has 0 bridgehead atoms. The van der Waals surface area contributed by atoms with Crippen LogP contribution in [0.5, 0.6) is 11.5 Å². The third-order valence-electron chi connectivity index (χ3n) is 2.51. The van der Waals surface area contributed by atoms with Crippen molar-refractivity contribution in [3.8, 4) is 11.5 Å². The molecule has 2 aromatic carbocycles. The lowest BCUT2D eigenvalue weighted by Gasteiger charge is -2.12. The van der Waals surface area contributed by atoms with Gasteiger partial charge >= 0.3 is 5.76 Å². The first-order chi connectivity index (χ1) is 10.3.